The standard InChI is InChI=1S/C13H20BrNO3/c1-17-6-7-18-10-12(16)9-15-8-11-4-2-3-5-13(11)14/h2-5,12,15-16H,6-10H2,1H3. The fourth-order valence-corrected chi connectivity index (χ4v) is 1.86. The number of methoxy groups -OCH3 is 1. The van der Waals surface area contributed by atoms with Crippen molar-refractivity contribution in [3.05, 3.63) is 34.3 Å². The molecule has 0 aliphatic rings. The summed E-state index contributed by atoms with van der Waals surface area (Å²) in [4.78, 5) is 0. The van der Waals surface area contributed by atoms with Gasteiger partial charge in [-0.1, -0.05) is 34.1 Å². The summed E-state index contributed by atoms with van der Waals surface area (Å²) in [5.41, 5.74) is 1.17. The average Bonchev–Trinajstić information content (AvgIpc) is 2.37. The fraction of sp³-hybridized carbons (Fsp3) is 0.538. The van der Waals surface area contributed by atoms with E-state index in [4.69, 9.17) is 9.47 Å². The Balaban J connectivity index is 2.12. The van der Waals surface area contributed by atoms with Crippen LogP contribution >= 0.6 is 15.9 Å². The van der Waals surface area contributed by atoms with E-state index in [1.807, 2.05) is 24.3 Å². The van der Waals surface area contributed by atoms with E-state index >= 15 is 0 Å². The number of aliphatic hydroxyl groups excluding tert-OH is 1. The van der Waals surface area contributed by atoms with Gasteiger partial charge in [0, 0.05) is 24.7 Å². The minimum absolute atomic E-state index is 0.326. The van der Waals surface area contributed by atoms with Crippen molar-refractivity contribution in [3.8, 4) is 0 Å². The van der Waals surface area contributed by atoms with E-state index in [2.05, 4.69) is 21.2 Å². The minimum atomic E-state index is -0.496. The molecule has 5 heteroatoms. The molecule has 1 aromatic rings. The van der Waals surface area contributed by atoms with Gasteiger partial charge in [0.2, 0.25) is 0 Å². The molecule has 0 amide bonds. The highest BCUT2D eigenvalue weighted by molar-refractivity contribution is 9.10. The Bertz CT molecular complexity index is 336. The van der Waals surface area contributed by atoms with Gasteiger partial charge in [-0.15, -0.1) is 0 Å². The third kappa shape index (κ3) is 6.47. The van der Waals surface area contributed by atoms with Crippen LogP contribution < -0.4 is 5.32 Å². The molecule has 0 aliphatic carbocycles. The van der Waals surface area contributed by atoms with E-state index in [0.29, 0.717) is 26.4 Å². The number of benzene rings is 1. The van der Waals surface area contributed by atoms with Crippen molar-refractivity contribution in [2.45, 2.75) is 12.6 Å². The van der Waals surface area contributed by atoms with E-state index in [1.165, 1.54) is 5.56 Å². The van der Waals surface area contributed by atoms with Crippen LogP contribution in [-0.2, 0) is 16.0 Å². The molecule has 0 aliphatic heterocycles. The Hall–Kier alpha value is -0.460. The number of rotatable bonds is 9. The van der Waals surface area contributed by atoms with Crippen LogP contribution in [0.5, 0.6) is 0 Å². The lowest BCUT2D eigenvalue weighted by molar-refractivity contribution is 0.0137. The molecule has 18 heavy (non-hydrogen) atoms. The lowest BCUT2D eigenvalue weighted by Gasteiger charge is -2.12. The lowest BCUT2D eigenvalue weighted by atomic mass is 10.2. The maximum Gasteiger partial charge on any atom is 0.0897 e. The summed E-state index contributed by atoms with van der Waals surface area (Å²) < 4.78 is 11.2. The van der Waals surface area contributed by atoms with Crippen molar-refractivity contribution < 1.29 is 14.6 Å². The highest BCUT2D eigenvalue weighted by atomic mass is 79.9. The van der Waals surface area contributed by atoms with E-state index in [9.17, 15) is 5.11 Å². The maximum absolute atomic E-state index is 9.66. The molecule has 0 saturated heterocycles. The van der Waals surface area contributed by atoms with Crippen molar-refractivity contribution in [3.63, 3.8) is 0 Å². The summed E-state index contributed by atoms with van der Waals surface area (Å²) in [6, 6.07) is 8.01. The second kappa shape index (κ2) is 9.47. The summed E-state index contributed by atoms with van der Waals surface area (Å²) in [6.07, 6.45) is -0.496. The molecule has 0 aromatic heterocycles. The highest BCUT2D eigenvalue weighted by Gasteiger charge is 2.04. The predicted octanol–water partition coefficient (Wildman–Crippen LogP) is 1.56. The molecule has 0 bridgehead atoms. The van der Waals surface area contributed by atoms with Crippen LogP contribution in [-0.4, -0.2) is 44.7 Å². The zero-order chi connectivity index (χ0) is 13.2. The first-order valence-electron chi connectivity index (χ1n) is 5.93. The van der Waals surface area contributed by atoms with Crippen LogP contribution in [0.1, 0.15) is 5.56 Å². The minimum Gasteiger partial charge on any atom is -0.389 e. The first kappa shape index (κ1) is 15.6. The lowest BCUT2D eigenvalue weighted by Crippen LogP contribution is -2.30. The van der Waals surface area contributed by atoms with Gasteiger partial charge in [-0.3, -0.25) is 0 Å². The van der Waals surface area contributed by atoms with Crippen molar-refractivity contribution in [2.75, 3.05) is 33.5 Å². The molecule has 1 atom stereocenters. The molecule has 2 N–H and O–H groups in total. The van der Waals surface area contributed by atoms with Gasteiger partial charge in [-0.05, 0) is 11.6 Å². The highest BCUT2D eigenvalue weighted by Crippen LogP contribution is 2.15. The summed E-state index contributed by atoms with van der Waals surface area (Å²) in [5, 5.41) is 12.8. The van der Waals surface area contributed by atoms with Gasteiger partial charge in [-0.25, -0.2) is 0 Å². The molecule has 4 nitrogen and oxygen atoms in total. The van der Waals surface area contributed by atoms with Crippen molar-refractivity contribution in [1.29, 1.82) is 0 Å². The second-order valence-corrected chi connectivity index (χ2v) is 4.80. The monoisotopic (exact) mass is 317 g/mol. The normalized spacial score (nSPS) is 12.6. The summed E-state index contributed by atoms with van der Waals surface area (Å²) >= 11 is 3.48. The van der Waals surface area contributed by atoms with Crippen molar-refractivity contribution in [2.24, 2.45) is 0 Å². The number of ether oxygens (including phenoxy) is 2. The molecular formula is C13H20BrNO3. The van der Waals surface area contributed by atoms with Gasteiger partial charge in [0.25, 0.3) is 0 Å². The molecule has 1 unspecified atom stereocenters. The van der Waals surface area contributed by atoms with Gasteiger partial charge >= 0.3 is 0 Å². The zero-order valence-corrected chi connectivity index (χ0v) is 12.1. The van der Waals surface area contributed by atoms with E-state index in [1.54, 1.807) is 7.11 Å². The Morgan fingerprint density at radius 3 is 2.83 bits per heavy atom. The van der Waals surface area contributed by atoms with Crippen LogP contribution in [0.2, 0.25) is 0 Å². The summed E-state index contributed by atoms with van der Waals surface area (Å²) in [7, 11) is 1.62. The van der Waals surface area contributed by atoms with Gasteiger partial charge in [0.05, 0.1) is 25.9 Å². The molecule has 0 heterocycles. The van der Waals surface area contributed by atoms with Crippen LogP contribution in [0, 0.1) is 0 Å². The summed E-state index contributed by atoms with van der Waals surface area (Å²) in [6.45, 7) is 2.62. The third-order valence-corrected chi connectivity index (χ3v) is 3.17. The average molecular weight is 318 g/mol. The Kier molecular flexibility index (Phi) is 8.20. The van der Waals surface area contributed by atoms with Gasteiger partial charge in [-0.2, -0.15) is 0 Å². The van der Waals surface area contributed by atoms with Crippen LogP contribution in [0.15, 0.2) is 28.7 Å². The third-order valence-electron chi connectivity index (χ3n) is 2.40. The Morgan fingerprint density at radius 2 is 2.11 bits per heavy atom. The quantitative estimate of drug-likeness (QED) is 0.679. The van der Waals surface area contributed by atoms with Crippen LogP contribution in [0.25, 0.3) is 0 Å². The molecule has 0 saturated carbocycles. The van der Waals surface area contributed by atoms with Gasteiger partial charge in [0.1, 0.15) is 0 Å². The first-order valence-corrected chi connectivity index (χ1v) is 6.72. The maximum atomic E-state index is 9.66. The smallest absolute Gasteiger partial charge is 0.0897 e. The molecule has 1 rings (SSSR count). The van der Waals surface area contributed by atoms with E-state index in [-0.39, 0.29) is 0 Å². The summed E-state index contributed by atoms with van der Waals surface area (Å²) in [5.74, 6) is 0. The second-order valence-electron chi connectivity index (χ2n) is 3.94. The largest absolute Gasteiger partial charge is 0.389 e. The number of hydrogen-bond acceptors (Lipinski definition) is 4. The number of halogens is 1. The van der Waals surface area contributed by atoms with Crippen molar-refractivity contribution >= 4 is 15.9 Å². The van der Waals surface area contributed by atoms with E-state index in [0.717, 1.165) is 11.0 Å². The molecule has 102 valence electrons. The first-order chi connectivity index (χ1) is 8.74. The Morgan fingerprint density at radius 1 is 1.33 bits per heavy atom. The predicted molar refractivity (Wildman–Crippen MR) is 74.6 cm³/mol. The van der Waals surface area contributed by atoms with Crippen LogP contribution in [0.4, 0.5) is 0 Å². The molecule has 0 fully saturated rings. The van der Waals surface area contributed by atoms with Gasteiger partial charge < -0.3 is 19.9 Å². The molecular weight excluding hydrogens is 298 g/mol. The molecule has 1 aromatic carbocycles. The van der Waals surface area contributed by atoms with Crippen molar-refractivity contribution in [1.82, 2.24) is 5.32 Å². The molecule has 0 radical (unpaired) electrons. The molecule has 0 spiro atoms. The fourth-order valence-electron chi connectivity index (χ4n) is 1.44. The van der Waals surface area contributed by atoms with Crippen LogP contribution in [0.3, 0.4) is 0 Å². The Labute approximate surface area is 116 Å². The zero-order valence-electron chi connectivity index (χ0n) is 10.6. The van der Waals surface area contributed by atoms with E-state index < -0.39 is 6.10 Å². The number of nitrogens with one attached hydrogen (secondary N) is 1. The van der Waals surface area contributed by atoms with Gasteiger partial charge in [0.15, 0.2) is 0 Å². The number of hydrogen-bond donors (Lipinski definition) is 2. The SMILES string of the molecule is COCCOCC(O)CNCc1ccccc1Br. The number of aliphatic hydroxyl groups is 1. The topological polar surface area (TPSA) is 50.7 Å².